The molecular weight excluding hydrogens is 224 g/mol. The molecule has 0 aromatic rings. The third-order valence-electron chi connectivity index (χ3n) is 5.84. The number of methoxy groups -OCH3 is 1. The lowest BCUT2D eigenvalue weighted by Gasteiger charge is -2.59. The summed E-state index contributed by atoms with van der Waals surface area (Å²) in [5.74, 6) is 2.96. The lowest BCUT2D eigenvalue weighted by atomic mass is 9.48. The fourth-order valence-electron chi connectivity index (χ4n) is 5.63. The molecular formula is C16H26O2. The number of carbonyl (C=O) groups excluding carboxylic acids is 1. The van der Waals surface area contributed by atoms with E-state index >= 15 is 0 Å². The molecule has 4 fully saturated rings. The molecule has 0 N–H and O–H groups in total. The average Bonchev–Trinajstić information content (AvgIpc) is 2.32. The van der Waals surface area contributed by atoms with Gasteiger partial charge in [0, 0.05) is 13.5 Å². The topological polar surface area (TPSA) is 26.3 Å². The number of ether oxygens (including phenoxy) is 1. The molecule has 0 aromatic heterocycles. The molecule has 2 heteroatoms. The molecule has 0 heterocycles. The van der Waals surface area contributed by atoms with E-state index in [9.17, 15) is 4.79 Å². The highest BCUT2D eigenvalue weighted by atomic mass is 16.5. The molecule has 0 aliphatic heterocycles. The van der Waals surface area contributed by atoms with E-state index in [0.717, 1.165) is 36.9 Å². The van der Waals surface area contributed by atoms with Crippen LogP contribution in [0, 0.1) is 23.2 Å². The van der Waals surface area contributed by atoms with Crippen LogP contribution in [0.25, 0.3) is 0 Å². The van der Waals surface area contributed by atoms with Crippen molar-refractivity contribution in [1.29, 1.82) is 0 Å². The predicted molar refractivity (Wildman–Crippen MR) is 71.3 cm³/mol. The molecule has 1 unspecified atom stereocenters. The van der Waals surface area contributed by atoms with Crippen LogP contribution >= 0.6 is 0 Å². The molecule has 18 heavy (non-hydrogen) atoms. The van der Waals surface area contributed by atoms with E-state index in [4.69, 9.17) is 4.74 Å². The summed E-state index contributed by atoms with van der Waals surface area (Å²) >= 11 is 0. The van der Waals surface area contributed by atoms with Crippen LogP contribution in [0.5, 0.6) is 0 Å². The van der Waals surface area contributed by atoms with E-state index < -0.39 is 0 Å². The minimum Gasteiger partial charge on any atom is -0.381 e. The van der Waals surface area contributed by atoms with Crippen LogP contribution in [-0.4, -0.2) is 19.5 Å². The Morgan fingerprint density at radius 3 is 2.17 bits per heavy atom. The monoisotopic (exact) mass is 250 g/mol. The molecule has 0 radical (unpaired) electrons. The van der Waals surface area contributed by atoms with Crippen molar-refractivity contribution in [2.45, 2.75) is 63.9 Å². The van der Waals surface area contributed by atoms with Crippen molar-refractivity contribution in [3.05, 3.63) is 0 Å². The van der Waals surface area contributed by atoms with Crippen molar-refractivity contribution in [3.8, 4) is 0 Å². The maximum atomic E-state index is 10.5. The number of hydrogen-bond acceptors (Lipinski definition) is 2. The number of unbranched alkanes of at least 4 members (excludes halogenated alkanes) is 1. The zero-order valence-corrected chi connectivity index (χ0v) is 11.6. The lowest BCUT2D eigenvalue weighted by molar-refractivity contribution is -0.134. The van der Waals surface area contributed by atoms with Gasteiger partial charge in [-0.1, -0.05) is 0 Å². The van der Waals surface area contributed by atoms with Crippen molar-refractivity contribution in [3.63, 3.8) is 0 Å². The number of aldehydes is 1. The van der Waals surface area contributed by atoms with E-state index in [-0.39, 0.29) is 0 Å². The first-order chi connectivity index (χ1) is 8.75. The number of rotatable bonds is 6. The minimum absolute atomic E-state index is 0.408. The third kappa shape index (κ3) is 2.13. The van der Waals surface area contributed by atoms with E-state index in [1.54, 1.807) is 0 Å². The van der Waals surface area contributed by atoms with Crippen LogP contribution in [0.3, 0.4) is 0 Å². The van der Waals surface area contributed by atoms with Crippen molar-refractivity contribution in [2.24, 2.45) is 23.2 Å². The van der Waals surface area contributed by atoms with E-state index in [1.165, 1.54) is 38.5 Å². The molecule has 0 spiro atoms. The van der Waals surface area contributed by atoms with Crippen LogP contribution in [0.1, 0.15) is 57.8 Å². The molecule has 102 valence electrons. The molecule has 4 aliphatic rings. The maximum absolute atomic E-state index is 10.5. The van der Waals surface area contributed by atoms with Gasteiger partial charge in [-0.2, -0.15) is 0 Å². The van der Waals surface area contributed by atoms with Gasteiger partial charge in [0.25, 0.3) is 0 Å². The SMILES string of the molecule is COC(CCCC=O)C12CC3CC(CC(C3)C1)C2. The van der Waals surface area contributed by atoms with E-state index in [1.807, 2.05) is 7.11 Å². The Kier molecular flexibility index (Phi) is 3.48. The lowest BCUT2D eigenvalue weighted by Crippen LogP contribution is -2.52. The Hall–Kier alpha value is -0.370. The van der Waals surface area contributed by atoms with Gasteiger partial charge in [0.2, 0.25) is 0 Å². The van der Waals surface area contributed by atoms with Gasteiger partial charge in [-0.05, 0) is 74.5 Å². The van der Waals surface area contributed by atoms with Crippen LogP contribution in [0.2, 0.25) is 0 Å². The first-order valence-electron chi connectivity index (χ1n) is 7.72. The molecule has 0 aromatic carbocycles. The fourth-order valence-corrected chi connectivity index (χ4v) is 5.63. The summed E-state index contributed by atoms with van der Waals surface area (Å²) in [5, 5.41) is 0. The van der Waals surface area contributed by atoms with Crippen molar-refractivity contribution in [1.82, 2.24) is 0 Å². The van der Waals surface area contributed by atoms with Gasteiger partial charge in [-0.3, -0.25) is 0 Å². The zero-order chi connectivity index (χ0) is 12.6. The van der Waals surface area contributed by atoms with Gasteiger partial charge >= 0.3 is 0 Å². The van der Waals surface area contributed by atoms with E-state index in [2.05, 4.69) is 0 Å². The summed E-state index contributed by atoms with van der Waals surface area (Å²) in [5.41, 5.74) is 0.479. The molecule has 4 bridgehead atoms. The second kappa shape index (κ2) is 4.96. The van der Waals surface area contributed by atoms with Crippen LogP contribution < -0.4 is 0 Å². The molecule has 0 amide bonds. The summed E-state index contributed by atoms with van der Waals surface area (Å²) < 4.78 is 5.87. The second-order valence-corrected chi connectivity index (χ2v) is 7.10. The standard InChI is InChI=1S/C16H26O2/c1-18-15(4-2-3-5-17)16-9-12-6-13(10-16)8-14(7-12)11-16/h5,12-15H,2-4,6-11H2,1H3. The second-order valence-electron chi connectivity index (χ2n) is 7.10. The molecule has 1 atom stereocenters. The summed E-state index contributed by atoms with van der Waals surface area (Å²) in [4.78, 5) is 10.5. The Morgan fingerprint density at radius 1 is 1.17 bits per heavy atom. The Morgan fingerprint density at radius 2 is 1.72 bits per heavy atom. The van der Waals surface area contributed by atoms with Gasteiger partial charge < -0.3 is 9.53 Å². The summed E-state index contributed by atoms with van der Waals surface area (Å²) in [6, 6.07) is 0. The van der Waals surface area contributed by atoms with Gasteiger partial charge in [-0.15, -0.1) is 0 Å². The predicted octanol–water partition coefficient (Wildman–Crippen LogP) is 3.59. The van der Waals surface area contributed by atoms with Gasteiger partial charge in [0.1, 0.15) is 6.29 Å². The first kappa shape index (κ1) is 12.7. The Bertz CT molecular complexity index is 275. The van der Waals surface area contributed by atoms with Crippen LogP contribution in [0.4, 0.5) is 0 Å². The van der Waals surface area contributed by atoms with Crippen molar-refractivity contribution < 1.29 is 9.53 Å². The Balaban J connectivity index is 1.70. The normalized spacial score (nSPS) is 43.1. The smallest absolute Gasteiger partial charge is 0.119 e. The Labute approximate surface area is 110 Å². The molecule has 4 saturated carbocycles. The fraction of sp³-hybridized carbons (Fsp3) is 0.938. The maximum Gasteiger partial charge on any atom is 0.119 e. The summed E-state index contributed by atoms with van der Waals surface area (Å²) in [7, 11) is 1.88. The quantitative estimate of drug-likeness (QED) is 0.532. The highest BCUT2D eigenvalue weighted by Crippen LogP contribution is 2.62. The zero-order valence-electron chi connectivity index (χ0n) is 11.6. The molecule has 4 aliphatic carbocycles. The average molecular weight is 250 g/mol. The van der Waals surface area contributed by atoms with Crippen LogP contribution in [0.15, 0.2) is 0 Å². The number of carbonyl (C=O) groups is 1. The van der Waals surface area contributed by atoms with Gasteiger partial charge in [-0.25, -0.2) is 0 Å². The van der Waals surface area contributed by atoms with Crippen molar-refractivity contribution >= 4 is 6.29 Å². The molecule has 2 nitrogen and oxygen atoms in total. The first-order valence-corrected chi connectivity index (χ1v) is 7.72. The summed E-state index contributed by atoms with van der Waals surface area (Å²) in [6.07, 6.45) is 12.9. The van der Waals surface area contributed by atoms with Gasteiger partial charge in [0.05, 0.1) is 6.10 Å². The number of hydrogen-bond donors (Lipinski definition) is 0. The van der Waals surface area contributed by atoms with Crippen LogP contribution in [-0.2, 0) is 9.53 Å². The van der Waals surface area contributed by atoms with Crippen molar-refractivity contribution in [2.75, 3.05) is 7.11 Å². The highest BCUT2D eigenvalue weighted by molar-refractivity contribution is 5.48. The highest BCUT2D eigenvalue weighted by Gasteiger charge is 2.54. The third-order valence-corrected chi connectivity index (χ3v) is 5.84. The summed E-state index contributed by atoms with van der Waals surface area (Å²) in [6.45, 7) is 0. The largest absolute Gasteiger partial charge is 0.381 e. The van der Waals surface area contributed by atoms with Gasteiger partial charge in [0.15, 0.2) is 0 Å². The molecule has 4 rings (SSSR count). The molecule has 0 saturated heterocycles. The minimum atomic E-state index is 0.408. The van der Waals surface area contributed by atoms with E-state index in [0.29, 0.717) is 17.9 Å².